The number of rotatable bonds is 1. The third-order valence-corrected chi connectivity index (χ3v) is 1.31. The molecule has 0 atom stereocenters. The van der Waals surface area contributed by atoms with Crippen molar-refractivity contribution in [3.05, 3.63) is 35.1 Å². The van der Waals surface area contributed by atoms with E-state index in [9.17, 15) is 0 Å². The Balaban J connectivity index is 2.90. The fourth-order valence-electron chi connectivity index (χ4n) is 0.635. The van der Waals surface area contributed by atoms with E-state index in [1.54, 1.807) is 24.4 Å². The number of nitrogens with zero attached hydrogens (tertiary/aromatic N) is 2. The predicted molar refractivity (Wildman–Crippen MR) is 43.9 cm³/mol. The summed E-state index contributed by atoms with van der Waals surface area (Å²) in [5.41, 5.74) is 0.694. The molecule has 1 aromatic rings. The molecule has 0 radical (unpaired) electrons. The molecule has 0 aliphatic rings. The van der Waals surface area contributed by atoms with E-state index in [4.69, 9.17) is 16.9 Å². The lowest BCUT2D eigenvalue weighted by Crippen LogP contribution is -1.77. The summed E-state index contributed by atoms with van der Waals surface area (Å²) >= 11 is 5.67. The third-order valence-electron chi connectivity index (χ3n) is 1.07. The van der Waals surface area contributed by atoms with Crippen LogP contribution in [0.4, 0.5) is 0 Å². The molecule has 2 nitrogen and oxygen atoms in total. The van der Waals surface area contributed by atoms with Gasteiger partial charge in [-0.05, 0) is 18.2 Å². The Hall–Kier alpha value is -1.33. The molecular formula is C8H5ClN2. The van der Waals surface area contributed by atoms with Gasteiger partial charge >= 0.3 is 0 Å². The molecule has 0 saturated carbocycles. The lowest BCUT2D eigenvalue weighted by atomic mass is 10.3. The van der Waals surface area contributed by atoms with E-state index in [0.717, 1.165) is 0 Å². The predicted octanol–water partition coefficient (Wildman–Crippen LogP) is 2.27. The van der Waals surface area contributed by atoms with Crippen LogP contribution in [0.5, 0.6) is 0 Å². The van der Waals surface area contributed by atoms with Gasteiger partial charge in [-0.15, -0.1) is 0 Å². The van der Waals surface area contributed by atoms with Gasteiger partial charge in [0, 0.05) is 17.3 Å². The summed E-state index contributed by atoms with van der Waals surface area (Å²) in [6, 6.07) is 5.25. The summed E-state index contributed by atoms with van der Waals surface area (Å²) in [5.74, 6) is 0. The average molecular weight is 165 g/mol. The molecule has 0 fully saturated rings. The van der Waals surface area contributed by atoms with E-state index < -0.39 is 0 Å². The number of allylic oxidation sites excluding steroid dienone is 1. The normalized spacial score (nSPS) is 9.82. The van der Waals surface area contributed by atoms with Crippen LogP contribution in [0.3, 0.4) is 0 Å². The van der Waals surface area contributed by atoms with Crippen LogP contribution in [-0.4, -0.2) is 4.98 Å². The van der Waals surface area contributed by atoms with Crippen molar-refractivity contribution in [2.45, 2.75) is 0 Å². The van der Waals surface area contributed by atoms with Gasteiger partial charge in [0.25, 0.3) is 0 Å². The van der Waals surface area contributed by atoms with E-state index in [2.05, 4.69) is 4.98 Å². The summed E-state index contributed by atoms with van der Waals surface area (Å²) in [6.07, 6.45) is 4.56. The average Bonchev–Trinajstić information content (AvgIpc) is 2.01. The smallest absolute Gasteiger partial charge is 0.0912 e. The molecule has 0 saturated heterocycles. The Morgan fingerprint density at radius 1 is 1.64 bits per heavy atom. The standard InChI is InChI=1S/C8H5ClN2/c9-7-3-5-11-8(6-7)2-1-4-10/h1-3,5-6H. The fourth-order valence-corrected chi connectivity index (χ4v) is 0.803. The zero-order valence-corrected chi connectivity index (χ0v) is 6.42. The summed E-state index contributed by atoms with van der Waals surface area (Å²) in [6.45, 7) is 0. The molecule has 0 spiro atoms. The molecule has 54 valence electrons. The molecule has 11 heavy (non-hydrogen) atoms. The van der Waals surface area contributed by atoms with Gasteiger partial charge in [-0.3, -0.25) is 4.98 Å². The van der Waals surface area contributed by atoms with Crippen molar-refractivity contribution >= 4 is 17.7 Å². The van der Waals surface area contributed by atoms with E-state index >= 15 is 0 Å². The summed E-state index contributed by atoms with van der Waals surface area (Å²) in [7, 11) is 0. The molecule has 3 heteroatoms. The highest BCUT2D eigenvalue weighted by atomic mass is 35.5. The second-order valence-electron chi connectivity index (χ2n) is 1.86. The molecular weight excluding hydrogens is 160 g/mol. The molecule has 1 heterocycles. The molecule has 0 bridgehead atoms. The molecule has 0 aliphatic carbocycles. The second-order valence-corrected chi connectivity index (χ2v) is 2.30. The van der Waals surface area contributed by atoms with Crippen LogP contribution in [0.15, 0.2) is 24.4 Å². The van der Waals surface area contributed by atoms with E-state index in [1.807, 2.05) is 6.07 Å². The summed E-state index contributed by atoms with van der Waals surface area (Å²) in [5, 5.41) is 8.82. The molecule has 0 aliphatic heterocycles. The molecule has 0 amide bonds. The van der Waals surface area contributed by atoms with Crippen molar-refractivity contribution in [3.8, 4) is 6.07 Å². The van der Waals surface area contributed by atoms with Crippen molar-refractivity contribution in [3.63, 3.8) is 0 Å². The zero-order chi connectivity index (χ0) is 8.10. The van der Waals surface area contributed by atoms with Crippen molar-refractivity contribution in [1.82, 2.24) is 4.98 Å². The van der Waals surface area contributed by atoms with Gasteiger partial charge in [-0.25, -0.2) is 0 Å². The van der Waals surface area contributed by atoms with Crippen molar-refractivity contribution in [2.75, 3.05) is 0 Å². The highest BCUT2D eigenvalue weighted by Gasteiger charge is 1.88. The Morgan fingerprint density at radius 2 is 2.45 bits per heavy atom. The number of nitriles is 1. The van der Waals surface area contributed by atoms with E-state index in [0.29, 0.717) is 10.7 Å². The Kier molecular flexibility index (Phi) is 2.65. The van der Waals surface area contributed by atoms with Crippen LogP contribution in [0.1, 0.15) is 5.69 Å². The van der Waals surface area contributed by atoms with Crippen molar-refractivity contribution in [1.29, 1.82) is 5.26 Å². The first kappa shape index (κ1) is 7.77. The maximum atomic E-state index is 8.20. The number of hydrogen-bond donors (Lipinski definition) is 0. The third kappa shape index (κ3) is 2.40. The fraction of sp³-hybridized carbons (Fsp3) is 0. The van der Waals surface area contributed by atoms with E-state index in [1.165, 1.54) is 6.08 Å². The molecule has 0 N–H and O–H groups in total. The maximum Gasteiger partial charge on any atom is 0.0912 e. The molecule has 0 aromatic carbocycles. The first-order valence-electron chi connectivity index (χ1n) is 3.00. The Morgan fingerprint density at radius 3 is 3.09 bits per heavy atom. The number of aromatic nitrogens is 1. The van der Waals surface area contributed by atoms with Crippen LogP contribution in [0.25, 0.3) is 6.08 Å². The summed E-state index contributed by atoms with van der Waals surface area (Å²) in [4.78, 5) is 3.95. The van der Waals surface area contributed by atoms with Gasteiger partial charge in [-0.2, -0.15) is 5.26 Å². The topological polar surface area (TPSA) is 36.7 Å². The highest BCUT2D eigenvalue weighted by molar-refractivity contribution is 6.30. The minimum atomic E-state index is 0.623. The van der Waals surface area contributed by atoms with Gasteiger partial charge < -0.3 is 0 Å². The second kappa shape index (κ2) is 3.75. The van der Waals surface area contributed by atoms with Gasteiger partial charge in [0.15, 0.2) is 0 Å². The first-order valence-corrected chi connectivity index (χ1v) is 3.38. The number of pyridine rings is 1. The molecule has 1 aromatic heterocycles. The van der Waals surface area contributed by atoms with Crippen molar-refractivity contribution in [2.24, 2.45) is 0 Å². The Labute approximate surface area is 69.8 Å². The lowest BCUT2D eigenvalue weighted by Gasteiger charge is -1.90. The summed E-state index contributed by atoms with van der Waals surface area (Å²) < 4.78 is 0. The van der Waals surface area contributed by atoms with Gasteiger partial charge in [-0.1, -0.05) is 11.6 Å². The highest BCUT2D eigenvalue weighted by Crippen LogP contribution is 2.08. The maximum absolute atomic E-state index is 8.20. The number of hydrogen-bond acceptors (Lipinski definition) is 2. The van der Waals surface area contributed by atoms with E-state index in [-0.39, 0.29) is 0 Å². The largest absolute Gasteiger partial charge is 0.257 e. The van der Waals surface area contributed by atoms with Crippen LogP contribution in [0, 0.1) is 11.3 Å². The molecule has 0 unspecified atom stereocenters. The SMILES string of the molecule is N#CC=Cc1cc(Cl)ccn1. The zero-order valence-electron chi connectivity index (χ0n) is 5.66. The quantitative estimate of drug-likeness (QED) is 0.597. The van der Waals surface area contributed by atoms with Crippen LogP contribution in [0.2, 0.25) is 5.02 Å². The van der Waals surface area contributed by atoms with Crippen LogP contribution in [-0.2, 0) is 0 Å². The van der Waals surface area contributed by atoms with Gasteiger partial charge in [0.1, 0.15) is 0 Å². The minimum Gasteiger partial charge on any atom is -0.257 e. The first-order chi connectivity index (χ1) is 5.33. The monoisotopic (exact) mass is 164 g/mol. The minimum absolute atomic E-state index is 0.623. The van der Waals surface area contributed by atoms with Crippen molar-refractivity contribution < 1.29 is 0 Å². The van der Waals surface area contributed by atoms with Gasteiger partial charge in [0.05, 0.1) is 11.8 Å². The van der Waals surface area contributed by atoms with Gasteiger partial charge in [0.2, 0.25) is 0 Å². The van der Waals surface area contributed by atoms with Crippen LogP contribution >= 0.6 is 11.6 Å². The number of halogens is 1. The Bertz CT molecular complexity index is 312. The molecule has 1 rings (SSSR count). The van der Waals surface area contributed by atoms with Crippen LogP contribution < -0.4 is 0 Å². The lowest BCUT2D eigenvalue weighted by molar-refractivity contribution is 1.30.